The summed E-state index contributed by atoms with van der Waals surface area (Å²) < 4.78 is 43.1. The number of nitrogens with one attached hydrogen (secondary N) is 1. The SMILES string of the molecule is C[C@H](Nc1nc(-c2ccccc2C(F)(F)F)cc(-n2cnc3ccccc32)n1)c1ccccc1. The van der Waals surface area contributed by atoms with Crippen LogP contribution in [0.3, 0.4) is 0 Å². The molecular weight excluding hydrogens is 439 g/mol. The first-order chi connectivity index (χ1) is 16.4. The van der Waals surface area contributed by atoms with Crippen molar-refractivity contribution in [1.82, 2.24) is 19.5 Å². The van der Waals surface area contributed by atoms with E-state index < -0.39 is 11.7 Å². The van der Waals surface area contributed by atoms with Crippen LogP contribution in [-0.4, -0.2) is 19.5 Å². The van der Waals surface area contributed by atoms with Gasteiger partial charge in [-0.25, -0.2) is 9.97 Å². The topological polar surface area (TPSA) is 55.6 Å². The third-order valence-electron chi connectivity index (χ3n) is 5.57. The van der Waals surface area contributed by atoms with E-state index in [0.717, 1.165) is 22.7 Å². The molecule has 0 bridgehead atoms. The lowest BCUT2D eigenvalue weighted by atomic mass is 10.0. The third-order valence-corrected chi connectivity index (χ3v) is 5.57. The Morgan fingerprint density at radius 1 is 0.853 bits per heavy atom. The van der Waals surface area contributed by atoms with Gasteiger partial charge < -0.3 is 5.32 Å². The molecule has 0 saturated carbocycles. The van der Waals surface area contributed by atoms with Crippen molar-refractivity contribution in [2.75, 3.05) is 5.32 Å². The number of nitrogens with zero attached hydrogens (tertiary/aromatic N) is 4. The summed E-state index contributed by atoms with van der Waals surface area (Å²) >= 11 is 0. The largest absolute Gasteiger partial charge is 0.417 e. The summed E-state index contributed by atoms with van der Waals surface area (Å²) in [5.74, 6) is 0.636. The van der Waals surface area contributed by atoms with Crippen LogP contribution in [0.4, 0.5) is 19.1 Å². The van der Waals surface area contributed by atoms with E-state index in [1.54, 1.807) is 23.0 Å². The van der Waals surface area contributed by atoms with Gasteiger partial charge in [0.2, 0.25) is 5.95 Å². The fraction of sp³-hybridized carbons (Fsp3) is 0.115. The van der Waals surface area contributed by atoms with Gasteiger partial charge in [-0.1, -0.05) is 60.7 Å². The van der Waals surface area contributed by atoms with Gasteiger partial charge in [0.25, 0.3) is 0 Å². The minimum atomic E-state index is -4.52. The van der Waals surface area contributed by atoms with E-state index in [9.17, 15) is 13.2 Å². The van der Waals surface area contributed by atoms with Gasteiger partial charge in [-0.15, -0.1) is 0 Å². The van der Waals surface area contributed by atoms with Crippen molar-refractivity contribution in [3.05, 3.63) is 102 Å². The van der Waals surface area contributed by atoms with E-state index in [0.29, 0.717) is 5.82 Å². The van der Waals surface area contributed by atoms with Gasteiger partial charge in [-0.3, -0.25) is 4.57 Å². The van der Waals surface area contributed by atoms with Crippen LogP contribution >= 0.6 is 0 Å². The number of benzene rings is 3. The van der Waals surface area contributed by atoms with Gasteiger partial charge in [0.1, 0.15) is 12.1 Å². The van der Waals surface area contributed by atoms with Crippen molar-refractivity contribution in [3.63, 3.8) is 0 Å². The van der Waals surface area contributed by atoms with Crippen LogP contribution in [0.15, 0.2) is 91.3 Å². The molecule has 5 rings (SSSR count). The Bertz CT molecular complexity index is 1440. The Morgan fingerprint density at radius 2 is 1.56 bits per heavy atom. The first-order valence-corrected chi connectivity index (χ1v) is 10.7. The van der Waals surface area contributed by atoms with Crippen molar-refractivity contribution in [2.45, 2.75) is 19.1 Å². The van der Waals surface area contributed by atoms with E-state index in [2.05, 4.69) is 20.3 Å². The summed E-state index contributed by atoms with van der Waals surface area (Å²) in [4.78, 5) is 13.5. The molecule has 0 unspecified atom stereocenters. The molecule has 0 fully saturated rings. The second-order valence-corrected chi connectivity index (χ2v) is 7.86. The number of hydrogen-bond donors (Lipinski definition) is 1. The number of hydrogen-bond acceptors (Lipinski definition) is 4. The van der Waals surface area contributed by atoms with Gasteiger partial charge in [-0.2, -0.15) is 18.2 Å². The first kappa shape index (κ1) is 21.6. The third kappa shape index (κ3) is 4.22. The second kappa shape index (κ2) is 8.62. The van der Waals surface area contributed by atoms with Gasteiger partial charge in [0, 0.05) is 11.6 Å². The van der Waals surface area contributed by atoms with E-state index in [1.807, 2.05) is 61.5 Å². The predicted octanol–water partition coefficient (Wildman–Crippen LogP) is 6.67. The molecule has 0 aliphatic rings. The highest BCUT2D eigenvalue weighted by molar-refractivity contribution is 5.77. The van der Waals surface area contributed by atoms with E-state index in [-0.39, 0.29) is 23.2 Å². The fourth-order valence-corrected chi connectivity index (χ4v) is 3.87. The summed E-state index contributed by atoms with van der Waals surface area (Å²) in [6.07, 6.45) is -2.91. The van der Waals surface area contributed by atoms with Crippen LogP contribution in [0.5, 0.6) is 0 Å². The van der Waals surface area contributed by atoms with Crippen LogP contribution in [0.2, 0.25) is 0 Å². The van der Waals surface area contributed by atoms with Crippen LogP contribution < -0.4 is 5.32 Å². The molecular formula is C26H20F3N5. The summed E-state index contributed by atoms with van der Waals surface area (Å²) in [6.45, 7) is 1.95. The van der Waals surface area contributed by atoms with Gasteiger partial charge in [0.05, 0.1) is 28.3 Å². The smallest absolute Gasteiger partial charge is 0.348 e. The van der Waals surface area contributed by atoms with Crippen molar-refractivity contribution in [1.29, 1.82) is 0 Å². The van der Waals surface area contributed by atoms with Crippen LogP contribution in [-0.2, 0) is 6.18 Å². The highest BCUT2D eigenvalue weighted by atomic mass is 19.4. The second-order valence-electron chi connectivity index (χ2n) is 7.86. The van der Waals surface area contributed by atoms with E-state index in [4.69, 9.17) is 0 Å². The molecule has 0 spiro atoms. The van der Waals surface area contributed by atoms with Crippen LogP contribution in [0.1, 0.15) is 24.1 Å². The molecule has 34 heavy (non-hydrogen) atoms. The van der Waals surface area contributed by atoms with Gasteiger partial charge in [0.15, 0.2) is 0 Å². The van der Waals surface area contributed by atoms with Crippen LogP contribution in [0.25, 0.3) is 28.1 Å². The minimum Gasteiger partial charge on any atom is -0.348 e. The highest BCUT2D eigenvalue weighted by Crippen LogP contribution is 2.37. The maximum Gasteiger partial charge on any atom is 0.417 e. The molecule has 0 saturated heterocycles. The van der Waals surface area contributed by atoms with Crippen molar-refractivity contribution in [2.24, 2.45) is 0 Å². The van der Waals surface area contributed by atoms with Crippen molar-refractivity contribution in [3.8, 4) is 17.1 Å². The molecule has 0 radical (unpaired) electrons. The first-order valence-electron chi connectivity index (χ1n) is 10.7. The van der Waals surface area contributed by atoms with E-state index >= 15 is 0 Å². The van der Waals surface area contributed by atoms with Crippen molar-refractivity contribution < 1.29 is 13.2 Å². The summed E-state index contributed by atoms with van der Waals surface area (Å²) in [5.41, 5.74) is 1.94. The number of fused-ring (bicyclic) bond motifs is 1. The molecule has 2 heterocycles. The Morgan fingerprint density at radius 3 is 2.35 bits per heavy atom. The zero-order chi connectivity index (χ0) is 23.7. The lowest BCUT2D eigenvalue weighted by Gasteiger charge is -2.17. The number of para-hydroxylation sites is 2. The van der Waals surface area contributed by atoms with Crippen molar-refractivity contribution >= 4 is 17.0 Å². The molecule has 5 nitrogen and oxygen atoms in total. The zero-order valence-electron chi connectivity index (χ0n) is 18.2. The predicted molar refractivity (Wildman–Crippen MR) is 126 cm³/mol. The number of anilines is 1. The number of rotatable bonds is 5. The molecule has 0 aliphatic heterocycles. The molecule has 1 atom stereocenters. The quantitative estimate of drug-likeness (QED) is 0.319. The average molecular weight is 459 g/mol. The highest BCUT2D eigenvalue weighted by Gasteiger charge is 2.34. The molecule has 0 amide bonds. The molecule has 2 aromatic heterocycles. The van der Waals surface area contributed by atoms with E-state index in [1.165, 1.54) is 12.1 Å². The number of imidazole rings is 1. The minimum absolute atomic E-state index is 0.0153. The average Bonchev–Trinajstić information content (AvgIpc) is 3.28. The van der Waals surface area contributed by atoms with Crippen LogP contribution in [0, 0.1) is 0 Å². The summed E-state index contributed by atoms with van der Waals surface area (Å²) in [6, 6.07) is 24.0. The molecule has 1 N–H and O–H groups in total. The molecule has 5 aromatic rings. The Labute approximate surface area is 194 Å². The fourth-order valence-electron chi connectivity index (χ4n) is 3.87. The molecule has 3 aromatic carbocycles. The monoisotopic (exact) mass is 459 g/mol. The Balaban J connectivity index is 1.66. The number of alkyl halides is 3. The number of aromatic nitrogens is 4. The Kier molecular flexibility index (Phi) is 5.49. The number of halogens is 3. The van der Waals surface area contributed by atoms with Gasteiger partial charge in [-0.05, 0) is 30.7 Å². The zero-order valence-corrected chi connectivity index (χ0v) is 18.2. The summed E-state index contributed by atoms with van der Waals surface area (Å²) in [5, 5.41) is 3.24. The maximum absolute atomic E-state index is 13.8. The maximum atomic E-state index is 13.8. The lowest BCUT2D eigenvalue weighted by molar-refractivity contribution is -0.137. The Hall–Kier alpha value is -4.20. The molecule has 170 valence electrons. The normalized spacial score (nSPS) is 12.6. The standard InChI is InChI=1S/C26H20F3N5/c1-17(18-9-3-2-4-10-18)31-25-32-22(19-11-5-6-12-20(19)26(27,28)29)15-24(33-25)34-16-30-21-13-7-8-14-23(21)34/h2-17H,1H3,(H,31,32,33)/t17-/m0/s1. The molecule has 0 aliphatic carbocycles. The molecule has 8 heteroatoms. The van der Waals surface area contributed by atoms with Gasteiger partial charge >= 0.3 is 6.18 Å². The lowest BCUT2D eigenvalue weighted by Crippen LogP contribution is -2.12. The summed E-state index contributed by atoms with van der Waals surface area (Å²) in [7, 11) is 0.